The van der Waals surface area contributed by atoms with Crippen molar-refractivity contribution in [3.63, 3.8) is 0 Å². The number of fused-ring (bicyclic) bond motifs is 2. The molecule has 2 aromatic heterocycles. The van der Waals surface area contributed by atoms with Gasteiger partial charge in [-0.05, 0) is 29.8 Å². The van der Waals surface area contributed by atoms with Crippen LogP contribution < -0.4 is 4.74 Å². The van der Waals surface area contributed by atoms with E-state index in [2.05, 4.69) is 4.98 Å². The molecule has 0 aliphatic carbocycles. The van der Waals surface area contributed by atoms with E-state index in [0.717, 1.165) is 33.7 Å². The van der Waals surface area contributed by atoms with Gasteiger partial charge < -0.3 is 19.5 Å². The predicted molar refractivity (Wildman–Crippen MR) is 114 cm³/mol. The number of pyridine rings is 1. The number of nitrogens with zero attached hydrogens (tertiary/aromatic N) is 3. The Morgan fingerprint density at radius 2 is 2.03 bits per heavy atom. The van der Waals surface area contributed by atoms with Gasteiger partial charge in [0.15, 0.2) is 5.76 Å². The van der Waals surface area contributed by atoms with Crippen molar-refractivity contribution < 1.29 is 19.7 Å². The van der Waals surface area contributed by atoms with Crippen molar-refractivity contribution in [3.05, 3.63) is 77.4 Å². The molecule has 7 heteroatoms. The SMILES string of the molecule is Cn1cc(C=C2Oc3cc(O)cc(O)c3C2=O)c2c(-c3ccc(C#N)nc3)cccc21. The van der Waals surface area contributed by atoms with Gasteiger partial charge in [0.1, 0.15) is 34.6 Å². The highest BCUT2D eigenvalue weighted by molar-refractivity contribution is 6.17. The van der Waals surface area contributed by atoms with E-state index in [1.807, 2.05) is 48.1 Å². The Kier molecular flexibility index (Phi) is 4.02. The van der Waals surface area contributed by atoms with Gasteiger partial charge in [-0.25, -0.2) is 4.98 Å². The van der Waals surface area contributed by atoms with E-state index in [9.17, 15) is 15.0 Å². The molecule has 1 aliphatic rings. The molecule has 0 amide bonds. The zero-order chi connectivity index (χ0) is 21.7. The third-order valence-electron chi connectivity index (χ3n) is 5.26. The Morgan fingerprint density at radius 3 is 2.77 bits per heavy atom. The summed E-state index contributed by atoms with van der Waals surface area (Å²) in [6, 6.07) is 13.8. The number of carbonyl (C=O) groups excluding carboxylic acids is 1. The topological polar surface area (TPSA) is 108 Å². The minimum Gasteiger partial charge on any atom is -0.508 e. The number of phenols is 2. The van der Waals surface area contributed by atoms with Crippen LogP contribution in [0, 0.1) is 11.3 Å². The number of Topliss-reactive ketones (excluding diaryl/α,β-unsaturated/α-hetero) is 1. The monoisotopic (exact) mass is 409 g/mol. The molecule has 0 atom stereocenters. The Bertz CT molecular complexity index is 1460. The van der Waals surface area contributed by atoms with Gasteiger partial charge >= 0.3 is 0 Å². The average Bonchev–Trinajstić information content (AvgIpc) is 3.25. The van der Waals surface area contributed by atoms with Crippen molar-refractivity contribution in [2.45, 2.75) is 0 Å². The molecule has 0 radical (unpaired) electrons. The number of hydrogen-bond acceptors (Lipinski definition) is 6. The first-order chi connectivity index (χ1) is 15.0. The molecular weight excluding hydrogens is 394 g/mol. The number of aromatic hydroxyl groups is 2. The summed E-state index contributed by atoms with van der Waals surface area (Å²) in [6.07, 6.45) is 5.15. The maximum atomic E-state index is 12.8. The van der Waals surface area contributed by atoms with Crippen LogP contribution in [0.4, 0.5) is 0 Å². The summed E-state index contributed by atoms with van der Waals surface area (Å²) in [6.45, 7) is 0. The molecule has 3 heterocycles. The molecule has 4 aromatic rings. The van der Waals surface area contributed by atoms with Crippen molar-refractivity contribution >= 4 is 22.8 Å². The van der Waals surface area contributed by atoms with E-state index in [4.69, 9.17) is 10.00 Å². The Hall–Kier alpha value is -4.57. The standard InChI is InChI=1S/C24H15N3O4/c1-27-12-14(7-21-24(30)23-19(29)8-16(28)9-20(23)31-21)22-17(3-2-4-18(22)27)13-5-6-15(10-25)26-11-13/h2-9,11-12,28-29H,1H3. The average molecular weight is 409 g/mol. The summed E-state index contributed by atoms with van der Waals surface area (Å²) < 4.78 is 7.60. The number of nitriles is 1. The molecule has 0 spiro atoms. The summed E-state index contributed by atoms with van der Waals surface area (Å²) in [5.74, 6) is -0.805. The summed E-state index contributed by atoms with van der Waals surface area (Å²) in [4.78, 5) is 17.0. The molecule has 7 nitrogen and oxygen atoms in total. The summed E-state index contributed by atoms with van der Waals surface area (Å²) in [7, 11) is 1.90. The van der Waals surface area contributed by atoms with E-state index in [1.165, 1.54) is 6.07 Å². The van der Waals surface area contributed by atoms with Crippen molar-refractivity contribution in [2.75, 3.05) is 0 Å². The lowest BCUT2D eigenvalue weighted by Gasteiger charge is -2.06. The highest BCUT2D eigenvalue weighted by Gasteiger charge is 2.31. The van der Waals surface area contributed by atoms with E-state index >= 15 is 0 Å². The Labute approximate surface area is 176 Å². The van der Waals surface area contributed by atoms with E-state index < -0.39 is 5.78 Å². The van der Waals surface area contributed by atoms with Crippen molar-refractivity contribution in [3.8, 4) is 34.4 Å². The van der Waals surface area contributed by atoms with Crippen LogP contribution in [-0.2, 0) is 7.05 Å². The quantitative estimate of drug-likeness (QED) is 0.482. The fourth-order valence-corrected chi connectivity index (χ4v) is 3.87. The third-order valence-corrected chi connectivity index (χ3v) is 5.26. The van der Waals surface area contributed by atoms with Gasteiger partial charge in [-0.3, -0.25) is 4.79 Å². The fraction of sp³-hybridized carbons (Fsp3) is 0.0417. The molecule has 5 rings (SSSR count). The minimum atomic E-state index is -0.456. The van der Waals surface area contributed by atoms with Crippen molar-refractivity contribution in [2.24, 2.45) is 7.05 Å². The van der Waals surface area contributed by atoms with E-state index in [1.54, 1.807) is 18.3 Å². The lowest BCUT2D eigenvalue weighted by atomic mass is 9.99. The number of ether oxygens (including phenoxy) is 1. The summed E-state index contributed by atoms with van der Waals surface area (Å²) in [5, 5.41) is 29.6. The number of aromatic nitrogens is 2. The maximum Gasteiger partial charge on any atom is 0.235 e. The van der Waals surface area contributed by atoms with Gasteiger partial charge in [0, 0.05) is 53.6 Å². The number of hydrogen-bond donors (Lipinski definition) is 2. The van der Waals surface area contributed by atoms with Gasteiger partial charge in [0.2, 0.25) is 5.78 Å². The second-order valence-electron chi connectivity index (χ2n) is 7.22. The molecular formula is C24H15N3O4. The number of carbonyl (C=O) groups is 1. The largest absolute Gasteiger partial charge is 0.508 e. The van der Waals surface area contributed by atoms with Gasteiger partial charge in [-0.2, -0.15) is 5.26 Å². The van der Waals surface area contributed by atoms with Gasteiger partial charge in [0.05, 0.1) is 0 Å². The Balaban J connectivity index is 1.67. The second-order valence-corrected chi connectivity index (χ2v) is 7.22. The predicted octanol–water partition coefficient (Wildman–Crippen LogP) is 4.14. The molecule has 0 unspecified atom stereocenters. The first-order valence-corrected chi connectivity index (χ1v) is 9.41. The summed E-state index contributed by atoms with van der Waals surface area (Å²) in [5.41, 5.74) is 3.78. The number of rotatable bonds is 2. The Morgan fingerprint density at radius 1 is 1.19 bits per heavy atom. The molecule has 31 heavy (non-hydrogen) atoms. The zero-order valence-corrected chi connectivity index (χ0v) is 16.3. The number of benzene rings is 2. The number of aryl methyl sites for hydroxylation is 1. The first-order valence-electron chi connectivity index (χ1n) is 9.41. The highest BCUT2D eigenvalue weighted by atomic mass is 16.5. The molecule has 0 saturated heterocycles. The van der Waals surface area contributed by atoms with Crippen LogP contribution >= 0.6 is 0 Å². The van der Waals surface area contributed by atoms with E-state index in [-0.39, 0.29) is 28.6 Å². The smallest absolute Gasteiger partial charge is 0.235 e. The molecule has 0 fully saturated rings. The third kappa shape index (κ3) is 2.90. The van der Waals surface area contributed by atoms with Gasteiger partial charge in [-0.15, -0.1) is 0 Å². The van der Waals surface area contributed by atoms with Crippen molar-refractivity contribution in [1.29, 1.82) is 5.26 Å². The molecule has 0 bridgehead atoms. The molecule has 1 aliphatic heterocycles. The number of phenolic OH excluding ortho intramolecular Hbond substituents is 2. The number of allylic oxidation sites excluding steroid dienone is 1. The van der Waals surface area contributed by atoms with Crippen LogP contribution in [0.3, 0.4) is 0 Å². The molecule has 2 N–H and O–H groups in total. The van der Waals surface area contributed by atoms with Crippen LogP contribution in [0.15, 0.2) is 60.6 Å². The summed E-state index contributed by atoms with van der Waals surface area (Å²) >= 11 is 0. The maximum absolute atomic E-state index is 12.8. The number of ketones is 1. The highest BCUT2D eigenvalue weighted by Crippen LogP contribution is 2.41. The van der Waals surface area contributed by atoms with Crippen molar-refractivity contribution in [1.82, 2.24) is 9.55 Å². The van der Waals surface area contributed by atoms with Crippen LogP contribution in [0.5, 0.6) is 17.2 Å². The minimum absolute atomic E-state index is 0.0285. The van der Waals surface area contributed by atoms with Gasteiger partial charge in [-0.1, -0.05) is 12.1 Å². The lowest BCUT2D eigenvalue weighted by molar-refractivity contribution is 0.101. The molecule has 0 saturated carbocycles. The zero-order valence-electron chi connectivity index (χ0n) is 16.3. The first kappa shape index (κ1) is 18.5. The second kappa shape index (κ2) is 6.75. The van der Waals surface area contributed by atoms with Crippen LogP contribution in [-0.4, -0.2) is 25.5 Å². The lowest BCUT2D eigenvalue weighted by Crippen LogP contribution is -1.98. The van der Waals surface area contributed by atoms with Crippen LogP contribution in [0.25, 0.3) is 28.1 Å². The van der Waals surface area contributed by atoms with Gasteiger partial charge in [0.25, 0.3) is 0 Å². The normalized spacial score (nSPS) is 13.9. The molecule has 150 valence electrons. The van der Waals surface area contributed by atoms with Crippen LogP contribution in [0.1, 0.15) is 21.6 Å². The van der Waals surface area contributed by atoms with Crippen LogP contribution in [0.2, 0.25) is 0 Å². The van der Waals surface area contributed by atoms with E-state index in [0.29, 0.717) is 5.69 Å². The fourth-order valence-electron chi connectivity index (χ4n) is 3.87. The molecule has 2 aromatic carbocycles.